The van der Waals surface area contributed by atoms with Gasteiger partial charge in [-0.15, -0.1) is 11.6 Å². The average molecular weight is 305 g/mol. The van der Waals surface area contributed by atoms with Gasteiger partial charge in [0.1, 0.15) is 5.88 Å². The van der Waals surface area contributed by atoms with Crippen LogP contribution in [0.2, 0.25) is 0 Å². The van der Waals surface area contributed by atoms with Crippen molar-refractivity contribution in [2.24, 2.45) is 0 Å². The van der Waals surface area contributed by atoms with E-state index in [0.29, 0.717) is 6.61 Å². The van der Waals surface area contributed by atoms with E-state index in [9.17, 15) is 4.79 Å². The third-order valence-corrected chi connectivity index (χ3v) is 3.84. The topological polar surface area (TPSA) is 26.3 Å². The molecule has 0 amide bonds. The Bertz CT molecular complexity index is 207. The summed E-state index contributed by atoms with van der Waals surface area (Å²) in [5, 5.41) is 0. The molecule has 0 rings (SSSR count). The molecule has 0 aliphatic rings. The molecule has 20 heavy (non-hydrogen) atoms. The van der Waals surface area contributed by atoms with Gasteiger partial charge < -0.3 is 4.74 Å². The molecular weight excluding hydrogens is 272 g/mol. The van der Waals surface area contributed by atoms with Crippen molar-refractivity contribution < 1.29 is 9.53 Å². The molecule has 120 valence electrons. The molecule has 0 bridgehead atoms. The molecule has 0 atom stereocenters. The molecule has 0 heterocycles. The first-order chi connectivity index (χ1) is 9.81. The van der Waals surface area contributed by atoms with Crippen molar-refractivity contribution in [3.63, 3.8) is 0 Å². The number of carbonyl (C=O) groups is 1. The first-order valence-corrected chi connectivity index (χ1v) is 9.06. The Balaban J connectivity index is 2.97. The minimum absolute atomic E-state index is 0.0293. The van der Waals surface area contributed by atoms with Gasteiger partial charge in [0.25, 0.3) is 0 Å². The second-order valence-electron chi connectivity index (χ2n) is 5.60. The molecule has 2 nitrogen and oxygen atoms in total. The van der Waals surface area contributed by atoms with Crippen LogP contribution in [0.5, 0.6) is 0 Å². The minimum atomic E-state index is -0.300. The van der Waals surface area contributed by atoms with E-state index in [0.717, 1.165) is 12.8 Å². The van der Waals surface area contributed by atoms with Crippen LogP contribution < -0.4 is 0 Å². The fourth-order valence-electron chi connectivity index (χ4n) is 2.34. The third-order valence-electron chi connectivity index (χ3n) is 3.62. The van der Waals surface area contributed by atoms with Crippen LogP contribution in [0.25, 0.3) is 0 Å². The Kier molecular flexibility index (Phi) is 16.6. The summed E-state index contributed by atoms with van der Waals surface area (Å²) in [6.07, 6.45) is 17.3. The van der Waals surface area contributed by atoms with Gasteiger partial charge in [-0.3, -0.25) is 4.79 Å². The summed E-state index contributed by atoms with van der Waals surface area (Å²) in [6.45, 7) is 2.80. The minimum Gasteiger partial charge on any atom is -0.465 e. The van der Waals surface area contributed by atoms with Crippen LogP contribution in [0.3, 0.4) is 0 Å². The summed E-state index contributed by atoms with van der Waals surface area (Å²) >= 11 is 5.34. The van der Waals surface area contributed by atoms with Crippen LogP contribution in [-0.4, -0.2) is 18.5 Å². The smallest absolute Gasteiger partial charge is 0.320 e. The van der Waals surface area contributed by atoms with Crippen LogP contribution in [-0.2, 0) is 9.53 Å². The van der Waals surface area contributed by atoms with Gasteiger partial charge in [0, 0.05) is 0 Å². The van der Waals surface area contributed by atoms with Gasteiger partial charge in [0.15, 0.2) is 0 Å². The highest BCUT2D eigenvalue weighted by Crippen LogP contribution is 2.12. The van der Waals surface area contributed by atoms with Gasteiger partial charge in [-0.1, -0.05) is 84.0 Å². The summed E-state index contributed by atoms with van der Waals surface area (Å²) in [5.74, 6) is -0.330. The Morgan fingerprint density at radius 3 is 1.55 bits per heavy atom. The van der Waals surface area contributed by atoms with Crippen molar-refractivity contribution >= 4 is 17.6 Å². The standard InChI is InChI=1S/C17H33ClO2/c1-2-3-4-5-6-7-8-9-10-11-12-13-14-15-20-17(19)16-18/h2-16H2,1H3. The summed E-state index contributed by atoms with van der Waals surface area (Å²) in [7, 11) is 0. The molecule has 0 N–H and O–H groups in total. The molecule has 0 fully saturated rings. The molecule has 0 aromatic rings. The van der Waals surface area contributed by atoms with Gasteiger partial charge in [-0.05, 0) is 6.42 Å². The van der Waals surface area contributed by atoms with E-state index in [1.165, 1.54) is 70.6 Å². The number of esters is 1. The Morgan fingerprint density at radius 2 is 1.15 bits per heavy atom. The second-order valence-corrected chi connectivity index (χ2v) is 5.86. The number of rotatable bonds is 15. The van der Waals surface area contributed by atoms with Crippen LogP contribution in [0, 0.1) is 0 Å². The zero-order chi connectivity index (χ0) is 14.9. The highest BCUT2D eigenvalue weighted by atomic mass is 35.5. The summed E-state index contributed by atoms with van der Waals surface area (Å²) in [6, 6.07) is 0. The van der Waals surface area contributed by atoms with E-state index in [1.54, 1.807) is 0 Å². The summed E-state index contributed by atoms with van der Waals surface area (Å²) in [5.41, 5.74) is 0. The van der Waals surface area contributed by atoms with E-state index in [2.05, 4.69) is 6.92 Å². The SMILES string of the molecule is CCCCCCCCCCCCCCCOC(=O)CCl. The zero-order valence-electron chi connectivity index (χ0n) is 13.3. The maximum Gasteiger partial charge on any atom is 0.320 e. The van der Waals surface area contributed by atoms with E-state index >= 15 is 0 Å². The van der Waals surface area contributed by atoms with Crippen LogP contribution in [0.15, 0.2) is 0 Å². The molecular formula is C17H33ClO2. The highest BCUT2D eigenvalue weighted by molar-refractivity contribution is 6.26. The maximum atomic E-state index is 10.8. The van der Waals surface area contributed by atoms with Crippen LogP contribution >= 0.6 is 11.6 Å². The van der Waals surface area contributed by atoms with Gasteiger partial charge in [-0.25, -0.2) is 0 Å². The van der Waals surface area contributed by atoms with E-state index in [1.807, 2.05) is 0 Å². The maximum absolute atomic E-state index is 10.8. The summed E-state index contributed by atoms with van der Waals surface area (Å²) < 4.78 is 4.92. The molecule has 0 unspecified atom stereocenters. The van der Waals surface area contributed by atoms with Gasteiger partial charge in [-0.2, -0.15) is 0 Å². The number of unbranched alkanes of at least 4 members (excludes halogenated alkanes) is 12. The van der Waals surface area contributed by atoms with Crippen molar-refractivity contribution in [1.82, 2.24) is 0 Å². The van der Waals surface area contributed by atoms with Crippen LogP contribution in [0.1, 0.15) is 90.4 Å². The normalized spacial score (nSPS) is 10.7. The molecule has 0 aromatic carbocycles. The lowest BCUT2D eigenvalue weighted by Crippen LogP contribution is -2.06. The fraction of sp³-hybridized carbons (Fsp3) is 0.941. The van der Waals surface area contributed by atoms with E-state index < -0.39 is 0 Å². The van der Waals surface area contributed by atoms with Crippen molar-refractivity contribution in [2.45, 2.75) is 90.4 Å². The Morgan fingerprint density at radius 1 is 0.750 bits per heavy atom. The van der Waals surface area contributed by atoms with Gasteiger partial charge in [0.05, 0.1) is 6.61 Å². The first-order valence-electron chi connectivity index (χ1n) is 8.52. The molecule has 0 saturated carbocycles. The van der Waals surface area contributed by atoms with Crippen molar-refractivity contribution in [3.8, 4) is 0 Å². The molecule has 0 radical (unpaired) electrons. The highest BCUT2D eigenvalue weighted by Gasteiger charge is 1.98. The lowest BCUT2D eigenvalue weighted by atomic mass is 10.0. The van der Waals surface area contributed by atoms with E-state index in [4.69, 9.17) is 16.3 Å². The first kappa shape index (κ1) is 19.8. The van der Waals surface area contributed by atoms with Crippen molar-refractivity contribution in [1.29, 1.82) is 0 Å². The molecule has 0 aliphatic carbocycles. The fourth-order valence-corrected chi connectivity index (χ4v) is 2.42. The lowest BCUT2D eigenvalue weighted by Gasteiger charge is -2.04. The second kappa shape index (κ2) is 16.8. The van der Waals surface area contributed by atoms with Crippen molar-refractivity contribution in [2.75, 3.05) is 12.5 Å². The Labute approximate surface area is 130 Å². The number of hydrogen-bond donors (Lipinski definition) is 0. The van der Waals surface area contributed by atoms with Crippen molar-refractivity contribution in [3.05, 3.63) is 0 Å². The monoisotopic (exact) mass is 304 g/mol. The lowest BCUT2D eigenvalue weighted by molar-refractivity contribution is -0.140. The number of carbonyl (C=O) groups excluding carboxylic acids is 1. The quantitative estimate of drug-likeness (QED) is 0.215. The molecule has 0 aliphatic heterocycles. The predicted octanol–water partition coefficient (Wildman–Crippen LogP) is 5.86. The van der Waals surface area contributed by atoms with Gasteiger partial charge in [0.2, 0.25) is 0 Å². The zero-order valence-corrected chi connectivity index (χ0v) is 14.1. The van der Waals surface area contributed by atoms with Crippen LogP contribution in [0.4, 0.5) is 0 Å². The number of halogens is 1. The number of hydrogen-bond acceptors (Lipinski definition) is 2. The van der Waals surface area contributed by atoms with Gasteiger partial charge >= 0.3 is 5.97 Å². The summed E-state index contributed by atoms with van der Waals surface area (Å²) in [4.78, 5) is 10.8. The Hall–Kier alpha value is -0.240. The molecule has 3 heteroatoms. The average Bonchev–Trinajstić information content (AvgIpc) is 2.47. The number of ether oxygens (including phenoxy) is 1. The molecule has 0 spiro atoms. The predicted molar refractivity (Wildman–Crippen MR) is 87.4 cm³/mol. The molecule has 0 aromatic heterocycles. The largest absolute Gasteiger partial charge is 0.465 e. The molecule has 0 saturated heterocycles. The number of alkyl halides is 1. The third kappa shape index (κ3) is 15.8. The van der Waals surface area contributed by atoms with E-state index in [-0.39, 0.29) is 11.8 Å².